The molecule has 0 aliphatic rings. The number of carbonyl (C=O) groups is 1. The van der Waals surface area contributed by atoms with Gasteiger partial charge in [0.1, 0.15) is 5.75 Å². The highest BCUT2D eigenvalue weighted by molar-refractivity contribution is 5.82. The fraction of sp³-hybridized carbons (Fsp3) is 0.467. The molecule has 0 atom stereocenters. The molecule has 0 aliphatic heterocycles. The van der Waals surface area contributed by atoms with Crippen molar-refractivity contribution >= 4 is 5.78 Å². The predicted molar refractivity (Wildman–Crippen MR) is 74.0 cm³/mol. The van der Waals surface area contributed by atoms with Crippen LogP contribution in [-0.2, 0) is 11.2 Å². The first-order chi connectivity index (χ1) is 9.11. The van der Waals surface area contributed by atoms with Crippen LogP contribution in [0.15, 0.2) is 24.3 Å². The molecule has 0 aliphatic carbocycles. The first kappa shape index (κ1) is 15.2. The van der Waals surface area contributed by atoms with Crippen molar-refractivity contribution in [3.63, 3.8) is 0 Å². The van der Waals surface area contributed by atoms with Crippen LogP contribution >= 0.6 is 0 Å². The second kappa shape index (κ2) is 8.28. The molecule has 0 heterocycles. The third-order valence-corrected chi connectivity index (χ3v) is 2.62. The van der Waals surface area contributed by atoms with Gasteiger partial charge in [0.15, 0.2) is 5.78 Å². The van der Waals surface area contributed by atoms with Gasteiger partial charge in [-0.3, -0.25) is 4.79 Å². The number of benzene rings is 1. The number of nitrogens with zero attached hydrogens (tertiary/aromatic N) is 2. The van der Waals surface area contributed by atoms with Gasteiger partial charge in [-0.15, -0.1) is 0 Å². The third kappa shape index (κ3) is 6.58. The summed E-state index contributed by atoms with van der Waals surface area (Å²) in [6.07, 6.45) is 1.27. The molecule has 0 saturated heterocycles. The normalized spacial score (nSPS) is 10.2. The fourth-order valence-corrected chi connectivity index (χ4v) is 1.65. The summed E-state index contributed by atoms with van der Waals surface area (Å²) in [5, 5.41) is 8.42. The molecule has 19 heavy (non-hydrogen) atoms. The number of ether oxygens (including phenoxy) is 1. The Hall–Kier alpha value is -1.86. The SMILES string of the molecule is CN(C)CCCOc1ccc(CC(=O)CC#N)cc1. The van der Waals surface area contributed by atoms with Crippen molar-refractivity contribution in [3.05, 3.63) is 29.8 Å². The van der Waals surface area contributed by atoms with Gasteiger partial charge < -0.3 is 9.64 Å². The van der Waals surface area contributed by atoms with Crippen molar-refractivity contribution in [2.45, 2.75) is 19.3 Å². The molecule has 0 saturated carbocycles. The van der Waals surface area contributed by atoms with Crippen molar-refractivity contribution in [1.82, 2.24) is 4.90 Å². The topological polar surface area (TPSA) is 53.3 Å². The van der Waals surface area contributed by atoms with E-state index in [9.17, 15) is 4.79 Å². The van der Waals surface area contributed by atoms with Crippen molar-refractivity contribution < 1.29 is 9.53 Å². The van der Waals surface area contributed by atoms with E-state index in [-0.39, 0.29) is 12.2 Å². The van der Waals surface area contributed by atoms with E-state index in [4.69, 9.17) is 10.00 Å². The Balaban J connectivity index is 2.35. The number of ketones is 1. The Morgan fingerprint density at radius 3 is 2.58 bits per heavy atom. The predicted octanol–water partition coefficient (Wildman–Crippen LogP) is 2.04. The second-order valence-electron chi connectivity index (χ2n) is 4.70. The molecule has 0 N–H and O–H groups in total. The van der Waals surface area contributed by atoms with Gasteiger partial charge in [0.05, 0.1) is 19.1 Å². The molecule has 1 rings (SSSR count). The fourth-order valence-electron chi connectivity index (χ4n) is 1.65. The highest BCUT2D eigenvalue weighted by Crippen LogP contribution is 2.13. The summed E-state index contributed by atoms with van der Waals surface area (Å²) in [4.78, 5) is 13.4. The smallest absolute Gasteiger partial charge is 0.151 e. The second-order valence-corrected chi connectivity index (χ2v) is 4.70. The number of rotatable bonds is 8. The summed E-state index contributed by atoms with van der Waals surface area (Å²) in [7, 11) is 4.07. The number of hydrogen-bond donors (Lipinski definition) is 0. The van der Waals surface area contributed by atoms with Gasteiger partial charge in [0.2, 0.25) is 0 Å². The molecule has 0 amide bonds. The Bertz CT molecular complexity index is 432. The van der Waals surface area contributed by atoms with Crippen molar-refractivity contribution in [1.29, 1.82) is 5.26 Å². The van der Waals surface area contributed by atoms with Gasteiger partial charge in [-0.25, -0.2) is 0 Å². The molecule has 0 aromatic heterocycles. The van der Waals surface area contributed by atoms with Crippen LogP contribution in [0.4, 0.5) is 0 Å². The van der Waals surface area contributed by atoms with Gasteiger partial charge in [0, 0.05) is 13.0 Å². The summed E-state index contributed by atoms with van der Waals surface area (Å²) >= 11 is 0. The van der Waals surface area contributed by atoms with Crippen LogP contribution in [0, 0.1) is 11.3 Å². The maximum atomic E-state index is 11.3. The lowest BCUT2D eigenvalue weighted by molar-refractivity contribution is -0.117. The number of Topliss-reactive ketones (excluding diaryl/α,β-unsaturated/α-hetero) is 1. The summed E-state index contributed by atoms with van der Waals surface area (Å²) in [5.74, 6) is 0.761. The first-order valence-electron chi connectivity index (χ1n) is 6.37. The lowest BCUT2D eigenvalue weighted by Gasteiger charge is -2.10. The maximum Gasteiger partial charge on any atom is 0.151 e. The molecular weight excluding hydrogens is 240 g/mol. The Morgan fingerprint density at radius 1 is 1.32 bits per heavy atom. The lowest BCUT2D eigenvalue weighted by Crippen LogP contribution is -2.15. The van der Waals surface area contributed by atoms with Crippen LogP contribution in [0.1, 0.15) is 18.4 Å². The van der Waals surface area contributed by atoms with Gasteiger partial charge in [0.25, 0.3) is 0 Å². The summed E-state index contributed by atoms with van der Waals surface area (Å²) in [5.41, 5.74) is 0.917. The van der Waals surface area contributed by atoms with Gasteiger partial charge in [-0.2, -0.15) is 5.26 Å². The Kier molecular flexibility index (Phi) is 6.62. The molecule has 4 nitrogen and oxygen atoms in total. The Labute approximate surface area is 114 Å². The molecule has 102 valence electrons. The maximum absolute atomic E-state index is 11.3. The molecule has 0 bridgehead atoms. The van der Waals surface area contributed by atoms with Crippen LogP contribution < -0.4 is 4.74 Å². The molecule has 1 aromatic rings. The summed E-state index contributed by atoms with van der Waals surface area (Å²) < 4.78 is 5.60. The molecule has 0 fully saturated rings. The quantitative estimate of drug-likeness (QED) is 0.671. The zero-order valence-corrected chi connectivity index (χ0v) is 11.6. The lowest BCUT2D eigenvalue weighted by atomic mass is 10.1. The van der Waals surface area contributed by atoms with Crippen molar-refractivity contribution in [2.24, 2.45) is 0 Å². The number of carbonyl (C=O) groups excluding carboxylic acids is 1. The van der Waals surface area contributed by atoms with Crippen LogP contribution in [0.3, 0.4) is 0 Å². The van der Waals surface area contributed by atoms with Crippen LogP contribution in [0.2, 0.25) is 0 Å². The average Bonchev–Trinajstić information content (AvgIpc) is 2.36. The Morgan fingerprint density at radius 2 is 2.00 bits per heavy atom. The molecule has 4 heteroatoms. The van der Waals surface area contributed by atoms with E-state index < -0.39 is 0 Å². The number of nitriles is 1. The summed E-state index contributed by atoms with van der Waals surface area (Å²) in [6.45, 7) is 1.69. The van der Waals surface area contributed by atoms with Crippen LogP contribution in [-0.4, -0.2) is 37.9 Å². The van der Waals surface area contributed by atoms with Crippen molar-refractivity contribution in [2.75, 3.05) is 27.2 Å². The molecule has 0 spiro atoms. The minimum Gasteiger partial charge on any atom is -0.494 e. The minimum absolute atomic E-state index is 0.0250. The largest absolute Gasteiger partial charge is 0.494 e. The van der Waals surface area contributed by atoms with E-state index in [2.05, 4.69) is 4.90 Å². The van der Waals surface area contributed by atoms with E-state index in [1.807, 2.05) is 44.4 Å². The highest BCUT2D eigenvalue weighted by Gasteiger charge is 2.03. The first-order valence-corrected chi connectivity index (χ1v) is 6.37. The van der Waals surface area contributed by atoms with E-state index in [1.54, 1.807) is 0 Å². The zero-order valence-electron chi connectivity index (χ0n) is 11.6. The van der Waals surface area contributed by atoms with Gasteiger partial charge in [-0.1, -0.05) is 12.1 Å². The highest BCUT2D eigenvalue weighted by atomic mass is 16.5. The molecule has 0 radical (unpaired) electrons. The monoisotopic (exact) mass is 260 g/mol. The zero-order chi connectivity index (χ0) is 14.1. The van der Waals surface area contributed by atoms with E-state index in [1.165, 1.54) is 0 Å². The summed E-state index contributed by atoms with van der Waals surface area (Å²) in [6, 6.07) is 9.34. The average molecular weight is 260 g/mol. The van der Waals surface area contributed by atoms with Crippen LogP contribution in [0.25, 0.3) is 0 Å². The standard InChI is InChI=1S/C15H20N2O2/c1-17(2)10-3-11-19-15-6-4-13(5-7-15)12-14(18)8-9-16/h4-7H,3,8,10-12H2,1-2H3. The van der Waals surface area contributed by atoms with Gasteiger partial charge >= 0.3 is 0 Å². The van der Waals surface area contributed by atoms with Crippen LogP contribution in [0.5, 0.6) is 5.75 Å². The van der Waals surface area contributed by atoms with E-state index >= 15 is 0 Å². The third-order valence-electron chi connectivity index (χ3n) is 2.62. The minimum atomic E-state index is -0.0536. The molecule has 1 aromatic carbocycles. The van der Waals surface area contributed by atoms with Gasteiger partial charge in [-0.05, 0) is 38.2 Å². The number of hydrogen-bond acceptors (Lipinski definition) is 4. The molecule has 0 unspecified atom stereocenters. The van der Waals surface area contributed by atoms with E-state index in [0.29, 0.717) is 13.0 Å². The molecular formula is C15H20N2O2. The van der Waals surface area contributed by atoms with Crippen molar-refractivity contribution in [3.8, 4) is 11.8 Å². The van der Waals surface area contributed by atoms with E-state index in [0.717, 1.165) is 24.3 Å².